The van der Waals surface area contributed by atoms with Gasteiger partial charge in [0.1, 0.15) is 18.2 Å². The third-order valence-corrected chi connectivity index (χ3v) is 5.55. The number of rotatable bonds is 3. The molecule has 1 atom stereocenters. The van der Waals surface area contributed by atoms with Gasteiger partial charge in [-0.15, -0.1) is 0 Å². The molecule has 2 aliphatic heterocycles. The predicted molar refractivity (Wildman–Crippen MR) is 101 cm³/mol. The van der Waals surface area contributed by atoms with Crippen LogP contribution in [0.4, 0.5) is 14.5 Å². The molecule has 148 valence electrons. The van der Waals surface area contributed by atoms with E-state index in [0.29, 0.717) is 18.8 Å². The lowest BCUT2D eigenvalue weighted by molar-refractivity contribution is -0.140. The van der Waals surface area contributed by atoms with Crippen LogP contribution in [0.15, 0.2) is 42.7 Å². The molecule has 28 heavy (non-hydrogen) atoms. The minimum absolute atomic E-state index is 0.0329. The van der Waals surface area contributed by atoms with Crippen LogP contribution in [0.5, 0.6) is 0 Å². The Morgan fingerprint density at radius 1 is 1.07 bits per heavy atom. The van der Waals surface area contributed by atoms with E-state index < -0.39 is 5.60 Å². The summed E-state index contributed by atoms with van der Waals surface area (Å²) in [6.07, 6.45) is 5.44. The number of hydrogen-bond acceptors (Lipinski definition) is 4. The molecule has 7 heteroatoms. The second-order valence-electron chi connectivity index (χ2n) is 7.57. The first-order valence-electron chi connectivity index (χ1n) is 9.55. The van der Waals surface area contributed by atoms with Gasteiger partial charge in [0.25, 0.3) is 5.91 Å². The summed E-state index contributed by atoms with van der Waals surface area (Å²) in [5.74, 6) is -0.756. The van der Waals surface area contributed by atoms with Crippen molar-refractivity contribution >= 4 is 11.6 Å². The lowest BCUT2D eigenvalue weighted by Gasteiger charge is -2.42. The van der Waals surface area contributed by atoms with Crippen LogP contribution in [0.3, 0.4) is 0 Å². The smallest absolute Gasteiger partial charge is 0.253 e. The van der Waals surface area contributed by atoms with Gasteiger partial charge in [0.15, 0.2) is 0 Å². The molecular formula is C21H23F2N3O2. The minimum Gasteiger partial charge on any atom is -0.363 e. The van der Waals surface area contributed by atoms with Crippen molar-refractivity contribution < 1.29 is 18.3 Å². The summed E-state index contributed by atoms with van der Waals surface area (Å²) in [7, 11) is 0. The Labute approximate surface area is 162 Å². The Morgan fingerprint density at radius 3 is 2.68 bits per heavy atom. The van der Waals surface area contributed by atoms with Crippen LogP contribution in [-0.4, -0.2) is 47.6 Å². The number of likely N-dealkylation sites (tertiary alicyclic amines) is 1. The van der Waals surface area contributed by atoms with E-state index >= 15 is 0 Å². The average Bonchev–Trinajstić information content (AvgIpc) is 2.87. The summed E-state index contributed by atoms with van der Waals surface area (Å²) in [6.45, 7) is 2.81. The number of pyridine rings is 1. The number of halogens is 2. The highest BCUT2D eigenvalue weighted by Gasteiger charge is 2.41. The lowest BCUT2D eigenvalue weighted by Crippen LogP contribution is -2.55. The number of hydrogen-bond donors (Lipinski definition) is 0. The largest absolute Gasteiger partial charge is 0.363 e. The van der Waals surface area contributed by atoms with E-state index in [0.717, 1.165) is 37.9 Å². The zero-order valence-electron chi connectivity index (χ0n) is 15.6. The standard InChI is InChI=1S/C21H23F2N3O2/c22-17-2-4-19(5-3-17)26-15-21(28-14-20(26)27)6-1-8-25(9-7-21)13-16-10-18(23)12-24-11-16/h2-5,10-12H,1,6-9,13-15H2. The zero-order chi connectivity index (χ0) is 19.6. The van der Waals surface area contributed by atoms with Crippen LogP contribution in [-0.2, 0) is 16.1 Å². The van der Waals surface area contributed by atoms with Crippen LogP contribution in [0, 0.1) is 11.6 Å². The van der Waals surface area contributed by atoms with Gasteiger partial charge in [0.05, 0.1) is 18.3 Å². The fourth-order valence-electron chi connectivity index (χ4n) is 4.06. The summed E-state index contributed by atoms with van der Waals surface area (Å²) < 4.78 is 32.7. The highest BCUT2D eigenvalue weighted by molar-refractivity contribution is 5.95. The van der Waals surface area contributed by atoms with Crippen LogP contribution in [0.25, 0.3) is 0 Å². The maximum absolute atomic E-state index is 13.4. The van der Waals surface area contributed by atoms with Gasteiger partial charge >= 0.3 is 0 Å². The van der Waals surface area contributed by atoms with Gasteiger partial charge in [0, 0.05) is 25.0 Å². The van der Waals surface area contributed by atoms with E-state index in [9.17, 15) is 13.6 Å². The molecule has 0 N–H and O–H groups in total. The maximum atomic E-state index is 13.4. The summed E-state index contributed by atoms with van der Waals surface area (Å²) in [4.78, 5) is 20.3. The summed E-state index contributed by atoms with van der Waals surface area (Å²) >= 11 is 0. The van der Waals surface area contributed by atoms with E-state index in [1.165, 1.54) is 24.4 Å². The van der Waals surface area contributed by atoms with Gasteiger partial charge in [-0.3, -0.25) is 14.7 Å². The number of carbonyl (C=O) groups is 1. The molecule has 4 rings (SSSR count). The quantitative estimate of drug-likeness (QED) is 0.812. The number of anilines is 1. The Hall–Kier alpha value is -2.38. The van der Waals surface area contributed by atoms with Crippen molar-refractivity contribution in [2.45, 2.75) is 31.4 Å². The molecule has 2 saturated heterocycles. The van der Waals surface area contributed by atoms with Crippen molar-refractivity contribution in [2.24, 2.45) is 0 Å². The molecule has 1 amide bonds. The molecule has 2 fully saturated rings. The normalized spacial score (nSPS) is 23.8. The highest BCUT2D eigenvalue weighted by atomic mass is 19.1. The van der Waals surface area contributed by atoms with Crippen LogP contribution < -0.4 is 4.90 Å². The summed E-state index contributed by atoms with van der Waals surface area (Å²) in [6, 6.07) is 7.51. The lowest BCUT2D eigenvalue weighted by atomic mass is 9.92. The molecule has 5 nitrogen and oxygen atoms in total. The van der Waals surface area contributed by atoms with Crippen molar-refractivity contribution in [3.63, 3.8) is 0 Å². The number of benzene rings is 1. The minimum atomic E-state index is -0.406. The van der Waals surface area contributed by atoms with Gasteiger partial charge in [-0.1, -0.05) is 0 Å². The van der Waals surface area contributed by atoms with Gasteiger partial charge in [0.2, 0.25) is 0 Å². The third-order valence-electron chi connectivity index (χ3n) is 5.55. The number of morpholine rings is 1. The molecule has 3 heterocycles. The first-order chi connectivity index (χ1) is 13.5. The topological polar surface area (TPSA) is 45.7 Å². The van der Waals surface area contributed by atoms with Crippen LogP contribution in [0.1, 0.15) is 24.8 Å². The Balaban J connectivity index is 1.44. The number of amides is 1. The van der Waals surface area contributed by atoms with E-state index in [2.05, 4.69) is 9.88 Å². The number of nitrogens with zero attached hydrogens (tertiary/aromatic N) is 3. The Kier molecular flexibility index (Phi) is 5.37. The molecule has 1 spiro atoms. The zero-order valence-corrected chi connectivity index (χ0v) is 15.6. The van der Waals surface area contributed by atoms with E-state index in [1.807, 2.05) is 0 Å². The second-order valence-corrected chi connectivity index (χ2v) is 7.57. The van der Waals surface area contributed by atoms with Gasteiger partial charge < -0.3 is 9.64 Å². The monoisotopic (exact) mass is 387 g/mol. The number of aromatic nitrogens is 1. The summed E-state index contributed by atoms with van der Waals surface area (Å²) in [5, 5.41) is 0. The molecule has 1 unspecified atom stereocenters. The Bertz CT molecular complexity index is 846. The molecule has 0 radical (unpaired) electrons. The molecule has 1 aromatic heterocycles. The Morgan fingerprint density at radius 2 is 1.89 bits per heavy atom. The highest BCUT2D eigenvalue weighted by Crippen LogP contribution is 2.33. The molecule has 0 aliphatic carbocycles. The fraction of sp³-hybridized carbons (Fsp3) is 0.429. The summed E-state index contributed by atoms with van der Waals surface area (Å²) in [5.41, 5.74) is 1.14. The number of ether oxygens (including phenoxy) is 1. The maximum Gasteiger partial charge on any atom is 0.253 e. The van der Waals surface area contributed by atoms with Gasteiger partial charge in [-0.25, -0.2) is 8.78 Å². The van der Waals surface area contributed by atoms with E-state index in [1.54, 1.807) is 23.2 Å². The van der Waals surface area contributed by atoms with Crippen LogP contribution in [0.2, 0.25) is 0 Å². The molecule has 0 saturated carbocycles. The van der Waals surface area contributed by atoms with Gasteiger partial charge in [-0.2, -0.15) is 0 Å². The molecule has 1 aromatic carbocycles. The van der Waals surface area contributed by atoms with Crippen molar-refractivity contribution in [1.82, 2.24) is 9.88 Å². The van der Waals surface area contributed by atoms with Crippen molar-refractivity contribution in [3.05, 3.63) is 59.9 Å². The molecular weight excluding hydrogens is 364 g/mol. The van der Waals surface area contributed by atoms with Crippen molar-refractivity contribution in [1.29, 1.82) is 0 Å². The van der Waals surface area contributed by atoms with Crippen molar-refractivity contribution in [2.75, 3.05) is 31.1 Å². The van der Waals surface area contributed by atoms with Gasteiger partial charge in [-0.05, 0) is 61.7 Å². The first kappa shape index (κ1) is 19.0. The third kappa shape index (κ3) is 4.20. The predicted octanol–water partition coefficient (Wildman–Crippen LogP) is 3.15. The molecule has 2 aromatic rings. The second kappa shape index (κ2) is 7.93. The average molecular weight is 387 g/mol. The van der Waals surface area contributed by atoms with Crippen molar-refractivity contribution in [3.8, 4) is 0 Å². The first-order valence-corrected chi connectivity index (χ1v) is 9.55. The van der Waals surface area contributed by atoms with E-state index in [4.69, 9.17) is 4.74 Å². The number of carbonyl (C=O) groups excluding carboxylic acids is 1. The van der Waals surface area contributed by atoms with Crippen LogP contribution >= 0.6 is 0 Å². The fourth-order valence-corrected chi connectivity index (χ4v) is 4.06. The SMILES string of the molecule is O=C1COC2(CCCN(Cc3cncc(F)c3)CC2)CN1c1ccc(F)cc1. The molecule has 0 bridgehead atoms. The van der Waals surface area contributed by atoms with E-state index in [-0.39, 0.29) is 24.1 Å². The molecule has 2 aliphatic rings.